The Morgan fingerprint density at radius 1 is 0.848 bits per heavy atom. The normalized spacial score (nSPS) is 14.4. The summed E-state index contributed by atoms with van der Waals surface area (Å²) in [5.41, 5.74) is 0.200. The summed E-state index contributed by atoms with van der Waals surface area (Å²) in [6, 6.07) is 6.01. The van der Waals surface area contributed by atoms with Gasteiger partial charge in [0.15, 0.2) is 0 Å². The topological polar surface area (TPSA) is 26.3 Å². The number of benzene rings is 1. The number of hydrogen-bond acceptors (Lipinski definition) is 2. The van der Waals surface area contributed by atoms with E-state index >= 15 is 0 Å². The van der Waals surface area contributed by atoms with Crippen molar-refractivity contribution in [1.29, 1.82) is 0 Å². The van der Waals surface area contributed by atoms with Gasteiger partial charge in [0.05, 0.1) is 12.2 Å². The first kappa shape index (κ1) is 29.9. The number of halogens is 13. The molecule has 0 radical (unpaired) electrons. The third kappa shape index (κ3) is 6.72. The number of hydrogen-bond donors (Lipinski definition) is 0. The summed E-state index contributed by atoms with van der Waals surface area (Å²) in [6.07, 6.45) is -8.50. The molecular formula is C18H13BrF11IO2. The average Bonchev–Trinajstić information content (AvgIpc) is 2.66. The van der Waals surface area contributed by atoms with Crippen molar-refractivity contribution in [3.8, 4) is 0 Å². The van der Waals surface area contributed by atoms with E-state index in [4.69, 9.17) is 4.74 Å². The summed E-state index contributed by atoms with van der Waals surface area (Å²) >= 11 is 4.19. The predicted octanol–water partition coefficient (Wildman–Crippen LogP) is 8.20. The molecule has 1 aromatic rings. The van der Waals surface area contributed by atoms with Crippen molar-refractivity contribution >= 4 is 44.5 Å². The van der Waals surface area contributed by atoms with E-state index in [9.17, 15) is 53.1 Å². The molecule has 0 unspecified atom stereocenters. The molecule has 0 bridgehead atoms. The molecule has 0 aromatic heterocycles. The van der Waals surface area contributed by atoms with Gasteiger partial charge >= 0.3 is 35.8 Å². The van der Waals surface area contributed by atoms with Crippen LogP contribution in [0.15, 0.2) is 38.4 Å². The maximum absolute atomic E-state index is 13.7. The molecule has 0 fully saturated rings. The van der Waals surface area contributed by atoms with Crippen LogP contribution in [0.5, 0.6) is 0 Å². The lowest BCUT2D eigenvalue weighted by molar-refractivity contribution is -0.416. The molecule has 0 atom stereocenters. The van der Waals surface area contributed by atoms with Crippen LogP contribution in [0.3, 0.4) is 0 Å². The highest BCUT2D eigenvalue weighted by Gasteiger charge is 2.86. The van der Waals surface area contributed by atoms with E-state index in [0.29, 0.717) is 4.47 Å². The maximum Gasteiger partial charge on any atom is 0.460 e. The van der Waals surface area contributed by atoms with Crippen LogP contribution in [-0.4, -0.2) is 42.4 Å². The van der Waals surface area contributed by atoms with Crippen molar-refractivity contribution in [3.05, 3.63) is 44.0 Å². The lowest BCUT2D eigenvalue weighted by atomic mass is 9.97. The summed E-state index contributed by atoms with van der Waals surface area (Å²) in [5.74, 6) is -28.7. The predicted molar refractivity (Wildman–Crippen MR) is 106 cm³/mol. The smallest absolute Gasteiger partial charge is 0.460 e. The Bertz CT molecular complexity index is 852. The van der Waals surface area contributed by atoms with Crippen LogP contribution >= 0.6 is 38.5 Å². The standard InChI is InChI=1S/C18H13BrF11IO2/c19-11-6-4-10(5-7-11)13(32)33-8-2-1-3-12(31)9-14(20,21)15(22,23)16(24,25)17(26,27)18(28,29)30/h4-7,9H,1-3,8H2. The Kier molecular flexibility index (Phi) is 9.64. The van der Waals surface area contributed by atoms with Crippen LogP contribution in [0.25, 0.3) is 0 Å². The van der Waals surface area contributed by atoms with Crippen molar-refractivity contribution in [2.24, 2.45) is 0 Å². The molecule has 0 amide bonds. The Morgan fingerprint density at radius 3 is 1.85 bits per heavy atom. The quantitative estimate of drug-likeness (QED) is 0.108. The first-order valence-corrected chi connectivity index (χ1v) is 10.5. The molecule has 0 heterocycles. The van der Waals surface area contributed by atoms with Gasteiger partial charge in [0.25, 0.3) is 0 Å². The van der Waals surface area contributed by atoms with Crippen molar-refractivity contribution < 1.29 is 57.8 Å². The van der Waals surface area contributed by atoms with Gasteiger partial charge in [-0.15, -0.1) is 0 Å². The average molecular weight is 677 g/mol. The molecule has 0 aliphatic heterocycles. The first-order chi connectivity index (χ1) is 14.8. The van der Waals surface area contributed by atoms with Gasteiger partial charge in [0.2, 0.25) is 0 Å². The molecule has 0 saturated heterocycles. The highest BCUT2D eigenvalue weighted by atomic mass is 127. The van der Waals surface area contributed by atoms with Crippen LogP contribution < -0.4 is 0 Å². The second kappa shape index (κ2) is 10.6. The lowest BCUT2D eigenvalue weighted by Crippen LogP contribution is -2.66. The molecule has 188 valence electrons. The second-order valence-electron chi connectivity index (χ2n) is 6.54. The number of esters is 1. The van der Waals surface area contributed by atoms with Gasteiger partial charge < -0.3 is 4.74 Å². The van der Waals surface area contributed by atoms with Crippen LogP contribution in [0.1, 0.15) is 29.6 Å². The number of carbonyl (C=O) groups excluding carboxylic acids is 1. The summed E-state index contributed by atoms with van der Waals surface area (Å²) in [5, 5.41) is 0. The van der Waals surface area contributed by atoms with Gasteiger partial charge in [-0.25, -0.2) is 4.79 Å². The third-order valence-corrected chi connectivity index (χ3v) is 5.40. The fourth-order valence-electron chi connectivity index (χ4n) is 2.17. The van der Waals surface area contributed by atoms with Crippen LogP contribution in [0.4, 0.5) is 48.3 Å². The van der Waals surface area contributed by atoms with Crippen molar-refractivity contribution in [1.82, 2.24) is 0 Å². The molecule has 1 rings (SSSR count). The van der Waals surface area contributed by atoms with Crippen molar-refractivity contribution in [2.75, 3.05) is 6.61 Å². The molecule has 0 aliphatic rings. The fourth-order valence-corrected chi connectivity index (χ4v) is 3.21. The third-order valence-electron chi connectivity index (χ3n) is 4.02. The van der Waals surface area contributed by atoms with Crippen LogP contribution in [0, 0.1) is 0 Å². The summed E-state index contributed by atoms with van der Waals surface area (Å²) in [7, 11) is 0. The van der Waals surface area contributed by atoms with Crippen molar-refractivity contribution in [2.45, 2.75) is 49.1 Å². The zero-order valence-electron chi connectivity index (χ0n) is 15.9. The monoisotopic (exact) mass is 676 g/mol. The fraction of sp³-hybridized carbons (Fsp3) is 0.500. The van der Waals surface area contributed by atoms with Crippen LogP contribution in [0.2, 0.25) is 0 Å². The molecule has 0 N–H and O–H groups in total. The SMILES string of the molecule is O=C(OCCCCC(I)=CC(F)(F)C(F)(F)C(F)(F)C(F)(F)C(F)(F)F)c1ccc(Br)cc1. The van der Waals surface area contributed by atoms with Gasteiger partial charge in [-0.3, -0.25) is 0 Å². The number of ether oxygens (including phenoxy) is 1. The number of carbonyl (C=O) groups is 1. The highest BCUT2D eigenvalue weighted by molar-refractivity contribution is 14.1. The van der Waals surface area contributed by atoms with Gasteiger partial charge in [-0.1, -0.05) is 15.9 Å². The number of unbranched alkanes of at least 4 members (excludes halogenated alkanes) is 1. The van der Waals surface area contributed by atoms with Gasteiger partial charge in [-0.05, 0) is 69.7 Å². The molecule has 1 aromatic carbocycles. The molecule has 2 nitrogen and oxygen atoms in total. The van der Waals surface area contributed by atoms with E-state index < -0.39 is 51.9 Å². The Labute approximate surface area is 201 Å². The van der Waals surface area contributed by atoms with E-state index in [1.165, 1.54) is 12.1 Å². The van der Waals surface area contributed by atoms with E-state index in [1.807, 2.05) is 0 Å². The van der Waals surface area contributed by atoms with Gasteiger partial charge in [-0.2, -0.15) is 48.3 Å². The van der Waals surface area contributed by atoms with Gasteiger partial charge in [0, 0.05) is 10.5 Å². The van der Waals surface area contributed by atoms with E-state index in [1.54, 1.807) is 12.1 Å². The van der Waals surface area contributed by atoms with E-state index in [0.717, 1.165) is 22.6 Å². The first-order valence-electron chi connectivity index (χ1n) is 8.66. The van der Waals surface area contributed by atoms with Crippen LogP contribution in [-0.2, 0) is 4.74 Å². The Morgan fingerprint density at radius 2 is 1.36 bits per heavy atom. The largest absolute Gasteiger partial charge is 0.462 e. The van der Waals surface area contributed by atoms with E-state index in [-0.39, 0.29) is 25.0 Å². The number of rotatable bonds is 10. The maximum atomic E-state index is 13.7. The molecule has 33 heavy (non-hydrogen) atoms. The summed E-state index contributed by atoms with van der Waals surface area (Å²) < 4.78 is 148. The highest BCUT2D eigenvalue weighted by Crippen LogP contribution is 2.57. The Balaban J connectivity index is 2.73. The van der Waals surface area contributed by atoms with Crippen molar-refractivity contribution in [3.63, 3.8) is 0 Å². The minimum absolute atomic E-state index is 0.0207. The Hall–Kier alpha value is -1.13. The minimum Gasteiger partial charge on any atom is -0.462 e. The lowest BCUT2D eigenvalue weighted by Gasteiger charge is -2.36. The zero-order valence-corrected chi connectivity index (χ0v) is 19.7. The zero-order chi connectivity index (χ0) is 25.9. The summed E-state index contributed by atoms with van der Waals surface area (Å²) in [4.78, 5) is 11.8. The molecule has 0 saturated carbocycles. The number of allylic oxidation sites excluding steroid dienone is 2. The second-order valence-corrected chi connectivity index (χ2v) is 8.84. The van der Waals surface area contributed by atoms with Gasteiger partial charge in [0.1, 0.15) is 0 Å². The molecule has 0 spiro atoms. The molecular weight excluding hydrogens is 664 g/mol. The van der Waals surface area contributed by atoms with E-state index in [2.05, 4.69) is 15.9 Å². The molecule has 15 heteroatoms. The minimum atomic E-state index is -7.43. The molecule has 0 aliphatic carbocycles. The number of alkyl halides is 11. The summed E-state index contributed by atoms with van der Waals surface area (Å²) in [6.45, 7) is -0.221.